The molecule has 5 nitrogen and oxygen atoms in total. The number of hydrogen-bond acceptors (Lipinski definition) is 4. The molecule has 18 heavy (non-hydrogen) atoms. The van der Waals surface area contributed by atoms with Gasteiger partial charge in [-0.25, -0.2) is 4.98 Å². The summed E-state index contributed by atoms with van der Waals surface area (Å²) in [5.41, 5.74) is 0. The van der Waals surface area contributed by atoms with Crippen LogP contribution in [0.25, 0.3) is 0 Å². The Morgan fingerprint density at radius 2 is 2.28 bits per heavy atom. The van der Waals surface area contributed by atoms with E-state index in [1.54, 1.807) is 18.3 Å². The Labute approximate surface area is 106 Å². The lowest BCUT2D eigenvalue weighted by atomic mass is 10.2. The third-order valence-corrected chi connectivity index (χ3v) is 3.20. The number of rotatable bonds is 4. The first kappa shape index (κ1) is 12.5. The molecule has 2 rings (SSSR count). The fourth-order valence-corrected chi connectivity index (χ4v) is 2.04. The van der Waals surface area contributed by atoms with Crippen molar-refractivity contribution in [1.29, 1.82) is 0 Å². The lowest BCUT2D eigenvalue weighted by molar-refractivity contribution is -0.140. The molecule has 2 amide bonds. The molecule has 1 aromatic rings. The minimum absolute atomic E-state index is 0.0412. The van der Waals surface area contributed by atoms with E-state index >= 15 is 0 Å². The highest BCUT2D eigenvalue weighted by molar-refractivity contribution is 6.07. The van der Waals surface area contributed by atoms with Crippen molar-refractivity contribution in [2.24, 2.45) is 0 Å². The Morgan fingerprint density at radius 1 is 1.50 bits per heavy atom. The van der Waals surface area contributed by atoms with Gasteiger partial charge >= 0.3 is 0 Å². The minimum atomic E-state index is -0.485. The number of nitrogens with one attached hydrogen (secondary N) is 1. The minimum Gasteiger partial charge on any atom is -0.358 e. The number of anilines is 1. The van der Waals surface area contributed by atoms with Crippen LogP contribution in [0.2, 0.25) is 0 Å². The number of imide groups is 1. The standard InChI is InChI=1S/C13H17N3O2/c1-3-9(2)16-12(17)8-10(13(16)18)15-11-6-4-5-7-14-11/h4-7,9-10H,3,8H2,1-2H3,(H,14,15). The van der Waals surface area contributed by atoms with Crippen LogP contribution in [0.5, 0.6) is 0 Å². The molecule has 96 valence electrons. The molecule has 2 atom stereocenters. The average molecular weight is 247 g/mol. The fraction of sp³-hybridized carbons (Fsp3) is 0.462. The number of pyridine rings is 1. The number of hydrogen-bond donors (Lipinski definition) is 1. The van der Waals surface area contributed by atoms with Crippen LogP contribution in [0.4, 0.5) is 5.82 Å². The molecule has 1 aliphatic rings. The summed E-state index contributed by atoms with van der Waals surface area (Å²) in [7, 11) is 0. The number of likely N-dealkylation sites (tertiary alicyclic amines) is 1. The Bertz CT molecular complexity index is 447. The number of carbonyl (C=O) groups is 2. The van der Waals surface area contributed by atoms with Crippen LogP contribution in [0.3, 0.4) is 0 Å². The molecule has 1 aromatic heterocycles. The maximum absolute atomic E-state index is 12.1. The zero-order chi connectivity index (χ0) is 13.1. The van der Waals surface area contributed by atoms with Crippen molar-refractivity contribution in [3.63, 3.8) is 0 Å². The SMILES string of the molecule is CCC(C)N1C(=O)CC(Nc2ccccn2)C1=O. The number of aromatic nitrogens is 1. The van der Waals surface area contributed by atoms with Crippen LogP contribution in [-0.4, -0.2) is 33.8 Å². The van der Waals surface area contributed by atoms with E-state index in [0.29, 0.717) is 5.82 Å². The van der Waals surface area contributed by atoms with E-state index in [4.69, 9.17) is 0 Å². The zero-order valence-corrected chi connectivity index (χ0v) is 10.6. The lowest BCUT2D eigenvalue weighted by Gasteiger charge is -2.21. The molecular formula is C13H17N3O2. The second-order valence-electron chi connectivity index (χ2n) is 4.48. The molecule has 1 N–H and O–H groups in total. The molecule has 1 aliphatic heterocycles. The van der Waals surface area contributed by atoms with Crippen LogP contribution in [-0.2, 0) is 9.59 Å². The molecule has 5 heteroatoms. The first-order valence-electron chi connectivity index (χ1n) is 6.17. The molecule has 2 unspecified atom stereocenters. The van der Waals surface area contributed by atoms with Crippen molar-refractivity contribution < 1.29 is 9.59 Å². The van der Waals surface area contributed by atoms with E-state index in [1.165, 1.54) is 4.90 Å². The van der Waals surface area contributed by atoms with Crippen molar-refractivity contribution in [1.82, 2.24) is 9.88 Å². The Morgan fingerprint density at radius 3 is 2.89 bits per heavy atom. The van der Waals surface area contributed by atoms with Crippen LogP contribution in [0, 0.1) is 0 Å². The number of nitrogens with zero attached hydrogens (tertiary/aromatic N) is 2. The van der Waals surface area contributed by atoms with Gasteiger partial charge in [0.25, 0.3) is 5.91 Å². The summed E-state index contributed by atoms with van der Waals surface area (Å²) < 4.78 is 0. The number of amides is 2. The topological polar surface area (TPSA) is 62.3 Å². The van der Waals surface area contributed by atoms with E-state index in [9.17, 15) is 9.59 Å². The molecule has 0 saturated carbocycles. The summed E-state index contributed by atoms with van der Waals surface area (Å²) in [6.45, 7) is 3.85. The normalized spacial score (nSPS) is 21.2. The third-order valence-electron chi connectivity index (χ3n) is 3.20. The molecule has 2 heterocycles. The Kier molecular flexibility index (Phi) is 3.60. The van der Waals surface area contributed by atoms with Gasteiger partial charge in [0.15, 0.2) is 0 Å². The Hall–Kier alpha value is -1.91. The highest BCUT2D eigenvalue weighted by Crippen LogP contribution is 2.20. The summed E-state index contributed by atoms with van der Waals surface area (Å²) in [5, 5.41) is 3.01. The van der Waals surface area contributed by atoms with Crippen LogP contribution in [0.1, 0.15) is 26.7 Å². The second kappa shape index (κ2) is 5.16. The molecule has 0 bridgehead atoms. The van der Waals surface area contributed by atoms with Gasteiger partial charge in [-0.05, 0) is 25.5 Å². The van der Waals surface area contributed by atoms with Crippen molar-refractivity contribution >= 4 is 17.6 Å². The predicted octanol–water partition coefficient (Wildman–Crippen LogP) is 1.42. The fourth-order valence-electron chi connectivity index (χ4n) is 2.04. The average Bonchev–Trinajstić information content (AvgIpc) is 2.65. The smallest absolute Gasteiger partial charge is 0.252 e. The first-order chi connectivity index (χ1) is 8.63. The van der Waals surface area contributed by atoms with Crippen LogP contribution in [0.15, 0.2) is 24.4 Å². The van der Waals surface area contributed by atoms with Gasteiger partial charge < -0.3 is 5.32 Å². The number of carbonyl (C=O) groups excluding carboxylic acids is 2. The first-order valence-corrected chi connectivity index (χ1v) is 6.17. The summed E-state index contributed by atoms with van der Waals surface area (Å²) in [6.07, 6.45) is 2.63. The summed E-state index contributed by atoms with van der Waals surface area (Å²) in [5.74, 6) is 0.359. The quantitative estimate of drug-likeness (QED) is 0.817. The predicted molar refractivity (Wildman–Crippen MR) is 67.9 cm³/mol. The largest absolute Gasteiger partial charge is 0.358 e. The zero-order valence-electron chi connectivity index (χ0n) is 10.6. The summed E-state index contributed by atoms with van der Waals surface area (Å²) in [6, 6.07) is 4.90. The van der Waals surface area contributed by atoms with Crippen molar-refractivity contribution in [2.45, 2.75) is 38.8 Å². The van der Waals surface area contributed by atoms with Gasteiger partial charge in [0.05, 0.1) is 6.42 Å². The molecule has 0 aromatic carbocycles. The second-order valence-corrected chi connectivity index (χ2v) is 4.48. The highest BCUT2D eigenvalue weighted by atomic mass is 16.2. The Balaban J connectivity index is 2.09. The third kappa shape index (κ3) is 2.34. The maximum atomic E-state index is 12.1. The molecule has 0 aliphatic carbocycles. The van der Waals surface area contributed by atoms with E-state index in [1.807, 2.05) is 19.9 Å². The highest BCUT2D eigenvalue weighted by Gasteiger charge is 2.40. The lowest BCUT2D eigenvalue weighted by Crippen LogP contribution is -2.40. The summed E-state index contributed by atoms with van der Waals surface area (Å²) in [4.78, 5) is 29.4. The van der Waals surface area contributed by atoms with E-state index < -0.39 is 6.04 Å². The monoisotopic (exact) mass is 247 g/mol. The van der Waals surface area contributed by atoms with Gasteiger partial charge in [0, 0.05) is 12.2 Å². The molecule has 0 spiro atoms. The van der Waals surface area contributed by atoms with Gasteiger partial charge in [0.1, 0.15) is 11.9 Å². The molecule has 1 saturated heterocycles. The van der Waals surface area contributed by atoms with Gasteiger partial charge in [0.2, 0.25) is 5.91 Å². The van der Waals surface area contributed by atoms with Crippen molar-refractivity contribution in [2.75, 3.05) is 5.32 Å². The van der Waals surface area contributed by atoms with Gasteiger partial charge in [-0.15, -0.1) is 0 Å². The van der Waals surface area contributed by atoms with Crippen LogP contribution < -0.4 is 5.32 Å². The van der Waals surface area contributed by atoms with Gasteiger partial charge in [-0.2, -0.15) is 0 Å². The van der Waals surface area contributed by atoms with Crippen molar-refractivity contribution in [3.8, 4) is 0 Å². The van der Waals surface area contributed by atoms with Crippen LogP contribution >= 0.6 is 0 Å². The van der Waals surface area contributed by atoms with E-state index in [0.717, 1.165) is 6.42 Å². The molecular weight excluding hydrogens is 230 g/mol. The van der Waals surface area contributed by atoms with E-state index in [-0.39, 0.29) is 24.3 Å². The molecule has 0 radical (unpaired) electrons. The maximum Gasteiger partial charge on any atom is 0.252 e. The van der Waals surface area contributed by atoms with Gasteiger partial charge in [-0.1, -0.05) is 13.0 Å². The summed E-state index contributed by atoms with van der Waals surface area (Å²) >= 11 is 0. The van der Waals surface area contributed by atoms with Crippen molar-refractivity contribution in [3.05, 3.63) is 24.4 Å². The van der Waals surface area contributed by atoms with Gasteiger partial charge in [-0.3, -0.25) is 14.5 Å². The molecule has 1 fully saturated rings. The van der Waals surface area contributed by atoms with E-state index in [2.05, 4.69) is 10.3 Å².